The van der Waals surface area contributed by atoms with Gasteiger partial charge < -0.3 is 20.9 Å². The number of amidine groups is 1. The lowest BCUT2D eigenvalue weighted by atomic mass is 10.0. The molecule has 0 saturated heterocycles. The number of non-ortho nitro benzene ring substituents is 1. The molecular formula is C28H24N4O6. The van der Waals surface area contributed by atoms with Crippen LogP contribution in [0.15, 0.2) is 84.9 Å². The summed E-state index contributed by atoms with van der Waals surface area (Å²) in [6.07, 6.45) is 0.0541. The summed E-state index contributed by atoms with van der Waals surface area (Å²) < 4.78 is 5.89. The second kappa shape index (κ2) is 11.2. The molecule has 10 heteroatoms. The molecule has 0 aliphatic rings. The first-order chi connectivity index (χ1) is 18.2. The fraction of sp³-hybridized carbons (Fsp3) is 0.107. The van der Waals surface area contributed by atoms with Gasteiger partial charge in [-0.1, -0.05) is 48.5 Å². The van der Waals surface area contributed by atoms with E-state index in [1.807, 2.05) is 42.5 Å². The minimum absolute atomic E-state index is 0.00733. The largest absolute Gasteiger partial charge is 0.489 e. The summed E-state index contributed by atoms with van der Waals surface area (Å²) in [6, 6.07) is 22.1. The molecule has 0 spiro atoms. The average Bonchev–Trinajstić information content (AvgIpc) is 2.91. The summed E-state index contributed by atoms with van der Waals surface area (Å²) >= 11 is 0. The molecule has 38 heavy (non-hydrogen) atoms. The SMILES string of the molecule is N=C(N)c1ccc(COc2ccc3cc(CC(NC(=O)c4ccc([N+](=O)[O-])cc4)C(=O)O)ccc3c2)cc1. The first kappa shape index (κ1) is 25.8. The summed E-state index contributed by atoms with van der Waals surface area (Å²) in [4.78, 5) is 34.6. The van der Waals surface area contributed by atoms with Crippen molar-refractivity contribution in [1.29, 1.82) is 5.41 Å². The zero-order valence-electron chi connectivity index (χ0n) is 20.1. The summed E-state index contributed by atoms with van der Waals surface area (Å²) in [5, 5.41) is 32.2. The van der Waals surface area contributed by atoms with E-state index >= 15 is 0 Å². The van der Waals surface area contributed by atoms with E-state index in [0.29, 0.717) is 23.5 Å². The van der Waals surface area contributed by atoms with Crippen LogP contribution in [0.25, 0.3) is 10.8 Å². The van der Waals surface area contributed by atoms with Crippen LogP contribution in [0.2, 0.25) is 0 Å². The summed E-state index contributed by atoms with van der Waals surface area (Å²) in [5.41, 5.74) is 7.73. The Morgan fingerprint density at radius 3 is 2.16 bits per heavy atom. The van der Waals surface area contributed by atoms with E-state index in [-0.39, 0.29) is 23.5 Å². The smallest absolute Gasteiger partial charge is 0.326 e. The number of carbonyl (C=O) groups is 2. The van der Waals surface area contributed by atoms with Gasteiger partial charge in [-0.05, 0) is 46.2 Å². The quantitative estimate of drug-likeness (QED) is 0.108. The van der Waals surface area contributed by atoms with Crippen LogP contribution in [0.5, 0.6) is 5.75 Å². The molecule has 192 valence electrons. The normalized spacial score (nSPS) is 11.5. The number of hydrogen-bond acceptors (Lipinski definition) is 6. The lowest BCUT2D eigenvalue weighted by molar-refractivity contribution is -0.384. The van der Waals surface area contributed by atoms with Gasteiger partial charge in [-0.2, -0.15) is 0 Å². The average molecular weight is 513 g/mol. The Morgan fingerprint density at radius 2 is 1.53 bits per heavy atom. The monoisotopic (exact) mass is 512 g/mol. The molecule has 1 amide bonds. The number of carboxylic acid groups (broad SMARTS) is 1. The van der Waals surface area contributed by atoms with Gasteiger partial charge in [-0.25, -0.2) is 4.79 Å². The lowest BCUT2D eigenvalue weighted by Crippen LogP contribution is -2.42. The number of nitrogen functional groups attached to an aromatic ring is 1. The van der Waals surface area contributed by atoms with Gasteiger partial charge >= 0.3 is 5.97 Å². The van der Waals surface area contributed by atoms with E-state index in [9.17, 15) is 24.8 Å². The predicted octanol–water partition coefficient (Wildman–Crippen LogP) is 4.04. The van der Waals surface area contributed by atoms with Crippen LogP contribution in [-0.4, -0.2) is 33.8 Å². The standard InChI is InChI=1S/C28H24N4O6/c29-26(30)19-4-1-17(2-5-19)16-38-24-12-9-21-13-18(3-6-22(21)15-24)14-25(28(34)35)31-27(33)20-7-10-23(11-8-20)32(36)37/h1-13,15,25H,14,16H2,(H3,29,30)(H,31,33)(H,34,35). The predicted molar refractivity (Wildman–Crippen MR) is 141 cm³/mol. The van der Waals surface area contributed by atoms with Gasteiger partial charge in [0.05, 0.1) is 4.92 Å². The highest BCUT2D eigenvalue weighted by Crippen LogP contribution is 2.24. The van der Waals surface area contributed by atoms with Gasteiger partial charge in [-0.15, -0.1) is 0 Å². The molecule has 4 aromatic carbocycles. The van der Waals surface area contributed by atoms with Gasteiger partial charge in [0.15, 0.2) is 0 Å². The molecule has 0 bridgehead atoms. The minimum Gasteiger partial charge on any atom is -0.489 e. The molecule has 4 aromatic rings. The van der Waals surface area contributed by atoms with Crippen molar-refractivity contribution in [3.8, 4) is 5.75 Å². The Morgan fingerprint density at radius 1 is 0.921 bits per heavy atom. The number of nitro groups is 1. The zero-order chi connectivity index (χ0) is 27.2. The van der Waals surface area contributed by atoms with Gasteiger partial charge in [-0.3, -0.25) is 20.3 Å². The number of nitrogens with one attached hydrogen (secondary N) is 2. The van der Waals surface area contributed by atoms with Gasteiger partial charge in [0.1, 0.15) is 24.2 Å². The van der Waals surface area contributed by atoms with Crippen LogP contribution < -0.4 is 15.8 Å². The Kier molecular flexibility index (Phi) is 7.62. The molecule has 10 nitrogen and oxygen atoms in total. The van der Waals surface area contributed by atoms with Crippen molar-refractivity contribution in [1.82, 2.24) is 5.32 Å². The molecular weight excluding hydrogens is 488 g/mol. The summed E-state index contributed by atoms with van der Waals surface area (Å²) in [7, 11) is 0. The Balaban J connectivity index is 1.41. The number of rotatable bonds is 10. The fourth-order valence-corrected chi connectivity index (χ4v) is 3.85. The highest BCUT2D eigenvalue weighted by molar-refractivity contribution is 5.97. The Bertz CT molecular complexity index is 1520. The molecule has 1 unspecified atom stereocenters. The van der Waals surface area contributed by atoms with Crippen LogP contribution in [-0.2, 0) is 17.8 Å². The molecule has 1 atom stereocenters. The van der Waals surface area contributed by atoms with E-state index in [1.54, 1.807) is 18.2 Å². The lowest BCUT2D eigenvalue weighted by Gasteiger charge is -2.15. The number of nitrogens with two attached hydrogens (primary N) is 1. The number of carboxylic acids is 1. The van der Waals surface area contributed by atoms with Crippen LogP contribution in [0, 0.1) is 15.5 Å². The maximum absolute atomic E-state index is 12.5. The van der Waals surface area contributed by atoms with Crippen molar-refractivity contribution in [2.75, 3.05) is 0 Å². The van der Waals surface area contributed by atoms with Crippen molar-refractivity contribution in [3.63, 3.8) is 0 Å². The summed E-state index contributed by atoms with van der Waals surface area (Å²) in [6.45, 7) is 0.344. The third kappa shape index (κ3) is 6.30. The minimum atomic E-state index is -1.19. The first-order valence-electron chi connectivity index (χ1n) is 11.6. The van der Waals surface area contributed by atoms with E-state index in [1.165, 1.54) is 24.3 Å². The number of carbonyl (C=O) groups excluding carboxylic acids is 1. The zero-order valence-corrected chi connectivity index (χ0v) is 20.1. The van der Waals surface area contributed by atoms with Crippen LogP contribution in [0.1, 0.15) is 27.0 Å². The maximum atomic E-state index is 12.5. The topological polar surface area (TPSA) is 169 Å². The molecule has 0 saturated carbocycles. The molecule has 0 radical (unpaired) electrons. The van der Waals surface area contributed by atoms with E-state index in [0.717, 1.165) is 16.3 Å². The Labute approximate surface area is 217 Å². The number of ether oxygens (including phenoxy) is 1. The molecule has 4 rings (SSSR count). The van der Waals surface area contributed by atoms with E-state index < -0.39 is 22.8 Å². The highest BCUT2D eigenvalue weighted by atomic mass is 16.6. The number of nitrogens with zero attached hydrogens (tertiary/aromatic N) is 1. The number of benzene rings is 4. The molecule has 0 aliphatic heterocycles. The van der Waals surface area contributed by atoms with E-state index in [2.05, 4.69) is 5.32 Å². The molecule has 0 aliphatic carbocycles. The van der Waals surface area contributed by atoms with Crippen molar-refractivity contribution in [2.24, 2.45) is 5.73 Å². The maximum Gasteiger partial charge on any atom is 0.326 e. The number of aliphatic carboxylic acids is 1. The van der Waals surface area contributed by atoms with Gasteiger partial charge in [0.2, 0.25) is 0 Å². The third-order valence-corrected chi connectivity index (χ3v) is 5.93. The summed E-state index contributed by atoms with van der Waals surface area (Å²) in [5.74, 6) is -1.15. The molecule has 0 heterocycles. The number of nitro benzene ring substituents is 1. The number of fused-ring (bicyclic) bond motifs is 1. The molecule has 0 fully saturated rings. The molecule has 5 N–H and O–H groups in total. The molecule has 0 aromatic heterocycles. The van der Waals surface area contributed by atoms with Crippen LogP contribution >= 0.6 is 0 Å². The number of hydrogen-bond donors (Lipinski definition) is 4. The van der Waals surface area contributed by atoms with Gasteiger partial charge in [0.25, 0.3) is 11.6 Å². The van der Waals surface area contributed by atoms with Crippen molar-refractivity contribution >= 4 is 34.2 Å². The van der Waals surface area contributed by atoms with Crippen molar-refractivity contribution < 1.29 is 24.4 Å². The van der Waals surface area contributed by atoms with E-state index in [4.69, 9.17) is 15.9 Å². The highest BCUT2D eigenvalue weighted by Gasteiger charge is 2.22. The van der Waals surface area contributed by atoms with Crippen LogP contribution in [0.4, 0.5) is 5.69 Å². The van der Waals surface area contributed by atoms with Crippen molar-refractivity contribution in [2.45, 2.75) is 19.1 Å². The second-order valence-corrected chi connectivity index (χ2v) is 8.61. The third-order valence-electron chi connectivity index (χ3n) is 5.93. The fourth-order valence-electron chi connectivity index (χ4n) is 3.85. The number of amides is 1. The van der Waals surface area contributed by atoms with Crippen molar-refractivity contribution in [3.05, 3.63) is 117 Å². The van der Waals surface area contributed by atoms with Gasteiger partial charge in [0, 0.05) is 29.7 Å². The Hall–Kier alpha value is -5.25. The van der Waals surface area contributed by atoms with Crippen LogP contribution in [0.3, 0.4) is 0 Å². The second-order valence-electron chi connectivity index (χ2n) is 8.61. The first-order valence-corrected chi connectivity index (χ1v) is 11.6.